The minimum Gasteiger partial charge on any atom is -0.497 e. The number of nitrogens with two attached hydrogens (primary N) is 1. The zero-order valence-corrected chi connectivity index (χ0v) is 10.0. The third kappa shape index (κ3) is 3.24. The van der Waals surface area contributed by atoms with Crippen LogP contribution in [0, 0.1) is 5.41 Å². The van der Waals surface area contributed by atoms with Crippen molar-refractivity contribution < 1.29 is 4.74 Å². The van der Waals surface area contributed by atoms with Gasteiger partial charge in [0.25, 0.3) is 0 Å². The van der Waals surface area contributed by atoms with Crippen LogP contribution in [0.15, 0.2) is 24.3 Å². The van der Waals surface area contributed by atoms with E-state index in [0.717, 1.165) is 17.9 Å². The minimum absolute atomic E-state index is 0.0498. The average molecular weight is 221 g/mol. The van der Waals surface area contributed by atoms with E-state index in [2.05, 4.69) is 0 Å². The Morgan fingerprint density at radius 3 is 2.81 bits per heavy atom. The van der Waals surface area contributed by atoms with Crippen molar-refractivity contribution in [2.24, 2.45) is 5.73 Å². The van der Waals surface area contributed by atoms with Crippen molar-refractivity contribution >= 4 is 5.84 Å². The van der Waals surface area contributed by atoms with Gasteiger partial charge in [-0.25, -0.2) is 0 Å². The van der Waals surface area contributed by atoms with Gasteiger partial charge < -0.3 is 10.5 Å². The molecule has 0 heterocycles. The molecule has 1 rings (SSSR count). The highest BCUT2D eigenvalue weighted by molar-refractivity contribution is 5.82. The van der Waals surface area contributed by atoms with Gasteiger partial charge in [-0.3, -0.25) is 10.3 Å². The lowest BCUT2D eigenvalue weighted by Crippen LogP contribution is -2.39. The van der Waals surface area contributed by atoms with Crippen LogP contribution in [0.2, 0.25) is 0 Å². The minimum atomic E-state index is -0.0498. The quantitative estimate of drug-likeness (QED) is 0.584. The van der Waals surface area contributed by atoms with Gasteiger partial charge in [-0.05, 0) is 31.7 Å². The van der Waals surface area contributed by atoms with Crippen molar-refractivity contribution in [2.75, 3.05) is 14.2 Å². The van der Waals surface area contributed by atoms with Gasteiger partial charge in [0.15, 0.2) is 0 Å². The van der Waals surface area contributed by atoms with E-state index in [1.54, 1.807) is 7.11 Å². The monoisotopic (exact) mass is 221 g/mol. The summed E-state index contributed by atoms with van der Waals surface area (Å²) in [6.45, 7) is 2.67. The summed E-state index contributed by atoms with van der Waals surface area (Å²) in [5.41, 5.74) is 6.61. The molecule has 4 heteroatoms. The molecule has 0 amide bonds. The molecule has 16 heavy (non-hydrogen) atoms. The highest BCUT2D eigenvalue weighted by Gasteiger charge is 2.12. The first-order valence-corrected chi connectivity index (χ1v) is 5.21. The van der Waals surface area contributed by atoms with Crippen molar-refractivity contribution in [2.45, 2.75) is 19.5 Å². The fraction of sp³-hybridized carbons (Fsp3) is 0.417. The SMILES string of the molecule is COc1cccc(CN(C)C(C)C(=N)N)c1. The molecule has 0 aliphatic heterocycles. The van der Waals surface area contributed by atoms with Gasteiger partial charge in [0.1, 0.15) is 11.6 Å². The van der Waals surface area contributed by atoms with Crippen molar-refractivity contribution in [1.82, 2.24) is 4.90 Å². The summed E-state index contributed by atoms with van der Waals surface area (Å²) in [5, 5.41) is 7.39. The maximum Gasteiger partial charge on any atom is 0.119 e. The lowest BCUT2D eigenvalue weighted by atomic mass is 10.2. The highest BCUT2D eigenvalue weighted by Crippen LogP contribution is 2.14. The van der Waals surface area contributed by atoms with E-state index in [-0.39, 0.29) is 11.9 Å². The number of amidine groups is 1. The molecule has 3 N–H and O–H groups in total. The molecule has 1 aromatic rings. The Labute approximate surface area is 96.5 Å². The van der Waals surface area contributed by atoms with Crippen LogP contribution in [-0.2, 0) is 6.54 Å². The Kier molecular flexibility index (Phi) is 4.31. The number of hydrogen-bond donors (Lipinski definition) is 2. The molecule has 1 unspecified atom stereocenters. The van der Waals surface area contributed by atoms with Gasteiger partial charge in [-0.1, -0.05) is 12.1 Å². The second-order valence-corrected chi connectivity index (χ2v) is 3.90. The predicted octanol–water partition coefficient (Wildman–Crippen LogP) is 1.45. The zero-order valence-electron chi connectivity index (χ0n) is 10.0. The van der Waals surface area contributed by atoms with Gasteiger partial charge in [-0.2, -0.15) is 0 Å². The van der Waals surface area contributed by atoms with E-state index in [4.69, 9.17) is 15.9 Å². The molecule has 0 spiro atoms. The van der Waals surface area contributed by atoms with Gasteiger partial charge in [0, 0.05) is 6.54 Å². The van der Waals surface area contributed by atoms with Crippen LogP contribution in [-0.4, -0.2) is 30.9 Å². The van der Waals surface area contributed by atoms with Gasteiger partial charge in [-0.15, -0.1) is 0 Å². The molecule has 0 aliphatic carbocycles. The van der Waals surface area contributed by atoms with E-state index >= 15 is 0 Å². The Hall–Kier alpha value is -1.55. The fourth-order valence-electron chi connectivity index (χ4n) is 1.43. The van der Waals surface area contributed by atoms with E-state index in [9.17, 15) is 0 Å². The van der Waals surface area contributed by atoms with E-state index in [1.807, 2.05) is 43.1 Å². The van der Waals surface area contributed by atoms with E-state index in [1.165, 1.54) is 0 Å². The van der Waals surface area contributed by atoms with Crippen LogP contribution < -0.4 is 10.5 Å². The third-order valence-corrected chi connectivity index (χ3v) is 2.68. The summed E-state index contributed by atoms with van der Waals surface area (Å²) in [4.78, 5) is 2.02. The summed E-state index contributed by atoms with van der Waals surface area (Å²) in [6, 6.07) is 7.85. The summed E-state index contributed by atoms with van der Waals surface area (Å²) < 4.78 is 5.16. The lowest BCUT2D eigenvalue weighted by molar-refractivity contribution is 0.300. The molecule has 0 saturated carbocycles. The maximum atomic E-state index is 7.39. The number of likely N-dealkylation sites (N-methyl/N-ethyl adjacent to an activating group) is 1. The smallest absolute Gasteiger partial charge is 0.119 e. The molecule has 0 bridgehead atoms. The van der Waals surface area contributed by atoms with Crippen LogP contribution >= 0.6 is 0 Å². The first kappa shape index (κ1) is 12.5. The Balaban J connectivity index is 2.68. The number of benzene rings is 1. The van der Waals surface area contributed by atoms with Gasteiger partial charge in [0.05, 0.1) is 13.2 Å². The molecule has 0 aliphatic rings. The topological polar surface area (TPSA) is 62.3 Å². The second kappa shape index (κ2) is 5.51. The van der Waals surface area contributed by atoms with Gasteiger partial charge in [0.2, 0.25) is 0 Å². The number of nitrogens with one attached hydrogen (secondary N) is 1. The van der Waals surface area contributed by atoms with Crippen molar-refractivity contribution in [3.05, 3.63) is 29.8 Å². The van der Waals surface area contributed by atoms with Crippen molar-refractivity contribution in [3.63, 3.8) is 0 Å². The normalized spacial score (nSPS) is 12.5. The Bertz CT molecular complexity index is 365. The molecular formula is C12H19N3O. The summed E-state index contributed by atoms with van der Waals surface area (Å²) in [7, 11) is 3.60. The standard InChI is InChI=1S/C12H19N3O/c1-9(12(13)14)15(2)8-10-5-4-6-11(7-10)16-3/h4-7,9H,8H2,1-3H3,(H3,13,14). The maximum absolute atomic E-state index is 7.39. The number of ether oxygens (including phenoxy) is 1. The summed E-state index contributed by atoms with van der Waals surface area (Å²) >= 11 is 0. The van der Waals surface area contributed by atoms with Crippen LogP contribution in [0.1, 0.15) is 12.5 Å². The van der Waals surface area contributed by atoms with Crippen LogP contribution in [0.3, 0.4) is 0 Å². The number of nitrogens with zero attached hydrogens (tertiary/aromatic N) is 1. The van der Waals surface area contributed by atoms with Crippen molar-refractivity contribution in [3.8, 4) is 5.75 Å². The number of methoxy groups -OCH3 is 1. The molecule has 0 radical (unpaired) electrons. The Morgan fingerprint density at radius 2 is 2.25 bits per heavy atom. The third-order valence-electron chi connectivity index (χ3n) is 2.68. The molecule has 1 aromatic carbocycles. The number of hydrogen-bond acceptors (Lipinski definition) is 3. The van der Waals surface area contributed by atoms with Crippen molar-refractivity contribution in [1.29, 1.82) is 5.41 Å². The van der Waals surface area contributed by atoms with Gasteiger partial charge >= 0.3 is 0 Å². The largest absolute Gasteiger partial charge is 0.497 e. The first-order valence-electron chi connectivity index (χ1n) is 5.21. The lowest BCUT2D eigenvalue weighted by Gasteiger charge is -2.23. The second-order valence-electron chi connectivity index (χ2n) is 3.90. The Morgan fingerprint density at radius 1 is 1.56 bits per heavy atom. The first-order chi connectivity index (χ1) is 7.54. The van der Waals surface area contributed by atoms with E-state index < -0.39 is 0 Å². The van der Waals surface area contributed by atoms with Crippen LogP contribution in [0.25, 0.3) is 0 Å². The highest BCUT2D eigenvalue weighted by atomic mass is 16.5. The summed E-state index contributed by atoms with van der Waals surface area (Å²) in [6.07, 6.45) is 0. The average Bonchev–Trinajstić information content (AvgIpc) is 2.28. The molecule has 0 saturated heterocycles. The molecule has 88 valence electrons. The molecule has 4 nitrogen and oxygen atoms in total. The fourth-order valence-corrected chi connectivity index (χ4v) is 1.43. The van der Waals surface area contributed by atoms with E-state index in [0.29, 0.717) is 0 Å². The molecule has 0 aromatic heterocycles. The zero-order chi connectivity index (χ0) is 12.1. The summed E-state index contributed by atoms with van der Waals surface area (Å²) in [5.74, 6) is 1.03. The predicted molar refractivity (Wildman–Crippen MR) is 65.8 cm³/mol. The molecule has 1 atom stereocenters. The molecular weight excluding hydrogens is 202 g/mol. The van der Waals surface area contributed by atoms with Crippen LogP contribution in [0.5, 0.6) is 5.75 Å². The number of rotatable bonds is 5. The van der Waals surface area contributed by atoms with Crippen LogP contribution in [0.4, 0.5) is 0 Å². The molecule has 0 fully saturated rings.